The van der Waals surface area contributed by atoms with Crippen LogP contribution in [-0.2, 0) is 0 Å². The molecular weight excluding hydrogens is 252 g/mol. The van der Waals surface area contributed by atoms with Crippen LogP contribution < -0.4 is 5.32 Å². The van der Waals surface area contributed by atoms with Crippen molar-refractivity contribution in [1.82, 2.24) is 4.98 Å². The van der Waals surface area contributed by atoms with E-state index < -0.39 is 29.2 Å². The van der Waals surface area contributed by atoms with E-state index in [0.717, 1.165) is 12.8 Å². The van der Waals surface area contributed by atoms with E-state index in [4.69, 9.17) is 5.11 Å². The number of aliphatic hydroxyl groups is 1. The molecule has 7 heteroatoms. The molecule has 18 heavy (non-hydrogen) atoms. The number of pyridine rings is 1. The van der Waals surface area contributed by atoms with E-state index in [-0.39, 0.29) is 13.2 Å². The highest BCUT2D eigenvalue weighted by Crippen LogP contribution is 2.21. The summed E-state index contributed by atoms with van der Waals surface area (Å²) in [6.07, 6.45) is 2.75. The van der Waals surface area contributed by atoms with Gasteiger partial charge in [0.25, 0.3) is 11.9 Å². The van der Waals surface area contributed by atoms with Crippen LogP contribution in [0.2, 0.25) is 0 Å². The summed E-state index contributed by atoms with van der Waals surface area (Å²) in [5.74, 6) is -6.39. The summed E-state index contributed by atoms with van der Waals surface area (Å²) >= 11 is 0. The predicted molar refractivity (Wildman–Crippen MR) is 58.1 cm³/mol. The molecule has 0 spiro atoms. The number of nitrogens with zero attached hydrogens (tertiary/aromatic N) is 1. The highest BCUT2D eigenvalue weighted by molar-refractivity contribution is 5.45. The Morgan fingerprint density at radius 1 is 0.889 bits per heavy atom. The fraction of sp³-hybridized carbons (Fsp3) is 0.545. The third-order valence-corrected chi connectivity index (χ3v) is 2.38. The maximum Gasteiger partial charge on any atom is 0.253 e. The molecule has 0 atom stereocenters. The van der Waals surface area contributed by atoms with E-state index in [1.165, 1.54) is 0 Å². The second kappa shape index (κ2) is 7.15. The summed E-state index contributed by atoms with van der Waals surface area (Å²) in [5.41, 5.74) is -0.831. The lowest BCUT2D eigenvalue weighted by atomic mass is 10.2. The Morgan fingerprint density at radius 2 is 1.44 bits per heavy atom. The minimum atomic E-state index is -1.67. The molecule has 0 radical (unpaired) electrons. The van der Waals surface area contributed by atoms with Crippen molar-refractivity contribution >= 4 is 5.69 Å². The second-order valence-electron chi connectivity index (χ2n) is 3.76. The quantitative estimate of drug-likeness (QED) is 0.453. The molecule has 0 aliphatic heterocycles. The molecule has 0 bridgehead atoms. The van der Waals surface area contributed by atoms with Gasteiger partial charge in [-0.1, -0.05) is 12.8 Å². The van der Waals surface area contributed by atoms with Gasteiger partial charge in [0.1, 0.15) is 5.69 Å². The Hall–Kier alpha value is -1.37. The van der Waals surface area contributed by atoms with Crippen molar-refractivity contribution in [1.29, 1.82) is 0 Å². The van der Waals surface area contributed by atoms with Gasteiger partial charge in [-0.15, -0.1) is 0 Å². The Labute approximate surface area is 102 Å². The fourth-order valence-electron chi connectivity index (χ4n) is 1.45. The summed E-state index contributed by atoms with van der Waals surface area (Å²) < 4.78 is 51.7. The van der Waals surface area contributed by atoms with Crippen molar-refractivity contribution in [2.45, 2.75) is 25.7 Å². The van der Waals surface area contributed by atoms with Crippen molar-refractivity contribution in [3.05, 3.63) is 23.5 Å². The molecule has 0 saturated carbocycles. The minimum Gasteiger partial charge on any atom is -0.396 e. The van der Waals surface area contributed by atoms with E-state index in [0.29, 0.717) is 12.8 Å². The summed E-state index contributed by atoms with van der Waals surface area (Å²) in [6.45, 7) is 0.277. The molecule has 0 amide bonds. The normalized spacial score (nSPS) is 10.7. The monoisotopic (exact) mass is 266 g/mol. The van der Waals surface area contributed by atoms with Gasteiger partial charge >= 0.3 is 0 Å². The lowest BCUT2D eigenvalue weighted by molar-refractivity contribution is 0.283. The fourth-order valence-corrected chi connectivity index (χ4v) is 1.45. The minimum absolute atomic E-state index is 0.0947. The van der Waals surface area contributed by atoms with Gasteiger partial charge in [-0.05, 0) is 12.8 Å². The predicted octanol–water partition coefficient (Wildman–Crippen LogP) is 2.60. The average Bonchev–Trinajstić information content (AvgIpc) is 2.35. The van der Waals surface area contributed by atoms with Crippen LogP contribution in [0.1, 0.15) is 25.7 Å². The Balaban J connectivity index is 2.52. The molecule has 0 saturated heterocycles. The highest BCUT2D eigenvalue weighted by Gasteiger charge is 2.19. The Bertz CT molecular complexity index is 375. The third-order valence-electron chi connectivity index (χ3n) is 2.38. The highest BCUT2D eigenvalue weighted by atomic mass is 19.2. The molecule has 0 aliphatic carbocycles. The molecular formula is C11H14F4N2O. The van der Waals surface area contributed by atoms with Crippen molar-refractivity contribution < 1.29 is 22.7 Å². The number of anilines is 1. The van der Waals surface area contributed by atoms with Crippen molar-refractivity contribution in [3.63, 3.8) is 0 Å². The van der Waals surface area contributed by atoms with E-state index in [1.807, 2.05) is 0 Å². The first-order valence-electron chi connectivity index (χ1n) is 5.62. The number of hydrogen-bond acceptors (Lipinski definition) is 3. The number of rotatable bonds is 7. The summed E-state index contributed by atoms with van der Waals surface area (Å²) in [7, 11) is 0. The smallest absolute Gasteiger partial charge is 0.253 e. The number of halogens is 4. The van der Waals surface area contributed by atoms with Gasteiger partial charge in [0.2, 0.25) is 11.6 Å². The lowest BCUT2D eigenvalue weighted by Gasteiger charge is -2.09. The van der Waals surface area contributed by atoms with E-state index in [1.54, 1.807) is 0 Å². The number of aliphatic hydroxyl groups excluding tert-OH is 1. The number of nitrogens with one attached hydrogen (secondary N) is 1. The first-order valence-corrected chi connectivity index (χ1v) is 5.62. The van der Waals surface area contributed by atoms with Gasteiger partial charge in [-0.2, -0.15) is 22.5 Å². The summed E-state index contributed by atoms with van der Waals surface area (Å²) in [5, 5.41) is 10.8. The number of hydrogen-bond donors (Lipinski definition) is 2. The van der Waals surface area contributed by atoms with Gasteiger partial charge in [0.15, 0.2) is 0 Å². The van der Waals surface area contributed by atoms with Crippen LogP contribution in [0.25, 0.3) is 0 Å². The van der Waals surface area contributed by atoms with Crippen LogP contribution in [0.3, 0.4) is 0 Å². The van der Waals surface area contributed by atoms with Gasteiger partial charge in [0.05, 0.1) is 0 Å². The zero-order valence-corrected chi connectivity index (χ0v) is 9.65. The standard InChI is InChI=1S/C11H14F4N2O/c12-7-9(8(13)11(15)17-10(7)14)16-5-3-1-2-4-6-18/h18H,1-6H2,(H,16,17). The maximum atomic E-state index is 13.1. The SMILES string of the molecule is OCCCCCCNc1c(F)c(F)nc(F)c1F. The van der Waals surface area contributed by atoms with Crippen LogP contribution in [0.5, 0.6) is 0 Å². The van der Waals surface area contributed by atoms with Crippen molar-refractivity contribution in [2.75, 3.05) is 18.5 Å². The molecule has 1 aromatic heterocycles. The zero-order valence-electron chi connectivity index (χ0n) is 9.65. The molecule has 1 aromatic rings. The number of unbranched alkanes of at least 4 members (excludes halogenated alkanes) is 3. The zero-order chi connectivity index (χ0) is 13.5. The first kappa shape index (κ1) is 14.7. The van der Waals surface area contributed by atoms with Crippen LogP contribution in [0.15, 0.2) is 0 Å². The van der Waals surface area contributed by atoms with Gasteiger partial charge < -0.3 is 10.4 Å². The Kier molecular flexibility index (Phi) is 5.84. The lowest BCUT2D eigenvalue weighted by Crippen LogP contribution is -2.10. The summed E-state index contributed by atoms with van der Waals surface area (Å²) in [4.78, 5) is 2.45. The van der Waals surface area contributed by atoms with Crippen LogP contribution >= 0.6 is 0 Å². The molecule has 3 nitrogen and oxygen atoms in total. The molecule has 1 heterocycles. The molecule has 102 valence electrons. The van der Waals surface area contributed by atoms with Gasteiger partial charge in [-0.25, -0.2) is 0 Å². The van der Waals surface area contributed by atoms with Gasteiger partial charge in [0, 0.05) is 13.2 Å². The largest absolute Gasteiger partial charge is 0.396 e. The third kappa shape index (κ3) is 3.83. The van der Waals surface area contributed by atoms with E-state index in [2.05, 4.69) is 10.3 Å². The molecule has 0 unspecified atom stereocenters. The van der Waals surface area contributed by atoms with Gasteiger partial charge in [-0.3, -0.25) is 0 Å². The summed E-state index contributed by atoms with van der Waals surface area (Å²) in [6, 6.07) is 0. The first-order chi connectivity index (χ1) is 8.57. The van der Waals surface area contributed by atoms with Crippen LogP contribution in [0, 0.1) is 23.5 Å². The molecule has 0 aliphatic rings. The molecule has 0 fully saturated rings. The Morgan fingerprint density at radius 3 is 2.00 bits per heavy atom. The number of aromatic nitrogens is 1. The van der Waals surface area contributed by atoms with E-state index in [9.17, 15) is 17.6 Å². The van der Waals surface area contributed by atoms with Crippen molar-refractivity contribution in [2.24, 2.45) is 0 Å². The molecule has 0 aromatic carbocycles. The van der Waals surface area contributed by atoms with Crippen LogP contribution in [-0.4, -0.2) is 23.2 Å². The molecule has 2 N–H and O–H groups in total. The second-order valence-corrected chi connectivity index (χ2v) is 3.76. The molecule has 1 rings (SSSR count). The topological polar surface area (TPSA) is 45.1 Å². The maximum absolute atomic E-state index is 13.1. The average molecular weight is 266 g/mol. The van der Waals surface area contributed by atoms with E-state index >= 15 is 0 Å². The van der Waals surface area contributed by atoms with Crippen molar-refractivity contribution in [3.8, 4) is 0 Å². The van der Waals surface area contributed by atoms with Crippen LogP contribution in [0.4, 0.5) is 23.2 Å².